The second-order valence-corrected chi connectivity index (χ2v) is 4.45. The Morgan fingerprint density at radius 2 is 1.87 bits per heavy atom. The van der Waals surface area contributed by atoms with Crippen molar-refractivity contribution in [3.8, 4) is 0 Å². The highest BCUT2D eigenvalue weighted by atomic mass is 16.3. The SMILES string of the molecule is CC(C)c1cc2ocnc2nc1C(C)C. The van der Waals surface area contributed by atoms with Gasteiger partial charge < -0.3 is 4.42 Å². The lowest BCUT2D eigenvalue weighted by Gasteiger charge is -2.13. The monoisotopic (exact) mass is 204 g/mol. The van der Waals surface area contributed by atoms with Crippen molar-refractivity contribution >= 4 is 11.2 Å². The molecule has 0 radical (unpaired) electrons. The number of aromatic nitrogens is 2. The minimum Gasteiger partial charge on any atom is -0.442 e. The topological polar surface area (TPSA) is 38.9 Å². The van der Waals surface area contributed by atoms with Gasteiger partial charge in [-0.3, -0.25) is 0 Å². The van der Waals surface area contributed by atoms with Crippen LogP contribution in [-0.2, 0) is 0 Å². The molecule has 2 heterocycles. The molecule has 0 aliphatic carbocycles. The summed E-state index contributed by atoms with van der Waals surface area (Å²) in [6.45, 7) is 8.65. The van der Waals surface area contributed by atoms with E-state index in [4.69, 9.17) is 4.42 Å². The van der Waals surface area contributed by atoms with Crippen molar-refractivity contribution in [1.29, 1.82) is 0 Å². The van der Waals surface area contributed by atoms with Crippen LogP contribution in [0.25, 0.3) is 11.2 Å². The van der Waals surface area contributed by atoms with Gasteiger partial charge in [-0.25, -0.2) is 4.98 Å². The summed E-state index contributed by atoms with van der Waals surface area (Å²) in [5.41, 5.74) is 3.88. The molecule has 0 fully saturated rings. The minimum atomic E-state index is 0.420. The Bertz CT molecular complexity index is 429. The Morgan fingerprint density at radius 1 is 1.13 bits per heavy atom. The minimum absolute atomic E-state index is 0.420. The third-order valence-corrected chi connectivity index (χ3v) is 2.55. The summed E-state index contributed by atoms with van der Waals surface area (Å²) >= 11 is 0. The average Bonchev–Trinajstić information content (AvgIpc) is 2.61. The lowest BCUT2D eigenvalue weighted by molar-refractivity contribution is 0.600. The van der Waals surface area contributed by atoms with Gasteiger partial charge in [0.1, 0.15) is 0 Å². The maximum absolute atomic E-state index is 5.27. The Kier molecular flexibility index (Phi) is 2.47. The Balaban J connectivity index is 2.68. The van der Waals surface area contributed by atoms with E-state index in [0.29, 0.717) is 17.5 Å². The molecule has 2 aromatic rings. The fraction of sp³-hybridized carbons (Fsp3) is 0.500. The van der Waals surface area contributed by atoms with E-state index in [-0.39, 0.29) is 0 Å². The van der Waals surface area contributed by atoms with E-state index in [1.54, 1.807) is 0 Å². The zero-order valence-electron chi connectivity index (χ0n) is 9.61. The summed E-state index contributed by atoms with van der Waals surface area (Å²) in [6.07, 6.45) is 1.45. The van der Waals surface area contributed by atoms with Crippen LogP contribution in [0.4, 0.5) is 0 Å². The quantitative estimate of drug-likeness (QED) is 0.751. The second-order valence-electron chi connectivity index (χ2n) is 4.45. The van der Waals surface area contributed by atoms with E-state index in [1.807, 2.05) is 0 Å². The average molecular weight is 204 g/mol. The molecule has 0 unspecified atom stereocenters. The zero-order valence-corrected chi connectivity index (χ0v) is 9.61. The third kappa shape index (κ3) is 1.74. The Morgan fingerprint density at radius 3 is 2.47 bits per heavy atom. The van der Waals surface area contributed by atoms with E-state index in [1.165, 1.54) is 12.0 Å². The number of oxazole rings is 1. The summed E-state index contributed by atoms with van der Waals surface area (Å²) in [7, 11) is 0. The van der Waals surface area contributed by atoms with Crippen LogP contribution in [0, 0.1) is 0 Å². The standard InChI is InChI=1S/C12H16N2O/c1-7(2)9-5-10-12(13-6-15-10)14-11(9)8(3)4/h5-8H,1-4H3. The molecule has 2 rings (SSSR count). The highest BCUT2D eigenvalue weighted by Gasteiger charge is 2.14. The number of pyridine rings is 1. The highest BCUT2D eigenvalue weighted by molar-refractivity contribution is 5.69. The molecule has 0 aliphatic heterocycles. The van der Waals surface area contributed by atoms with Gasteiger partial charge in [0.25, 0.3) is 0 Å². The fourth-order valence-corrected chi connectivity index (χ4v) is 1.75. The molecule has 3 heteroatoms. The first kappa shape index (κ1) is 10.1. The molecule has 0 saturated heterocycles. The highest BCUT2D eigenvalue weighted by Crippen LogP contribution is 2.27. The van der Waals surface area contributed by atoms with Crippen LogP contribution in [-0.4, -0.2) is 9.97 Å². The predicted octanol–water partition coefficient (Wildman–Crippen LogP) is 3.47. The van der Waals surface area contributed by atoms with Crippen LogP contribution in [0.5, 0.6) is 0 Å². The summed E-state index contributed by atoms with van der Waals surface area (Å²) in [5.74, 6) is 0.882. The van der Waals surface area contributed by atoms with Crippen LogP contribution in [0.2, 0.25) is 0 Å². The molecule has 2 aromatic heterocycles. The molecular formula is C12H16N2O. The Labute approximate surface area is 89.5 Å². The van der Waals surface area contributed by atoms with Gasteiger partial charge >= 0.3 is 0 Å². The largest absolute Gasteiger partial charge is 0.442 e. The molecule has 0 saturated carbocycles. The molecule has 15 heavy (non-hydrogen) atoms. The van der Waals surface area contributed by atoms with E-state index < -0.39 is 0 Å². The van der Waals surface area contributed by atoms with Gasteiger partial charge in [0.15, 0.2) is 17.6 Å². The summed E-state index contributed by atoms with van der Waals surface area (Å²) in [4.78, 5) is 8.64. The van der Waals surface area contributed by atoms with Crippen molar-refractivity contribution < 1.29 is 4.42 Å². The van der Waals surface area contributed by atoms with Crippen molar-refractivity contribution in [2.24, 2.45) is 0 Å². The number of nitrogens with zero attached hydrogens (tertiary/aromatic N) is 2. The fourth-order valence-electron chi connectivity index (χ4n) is 1.75. The van der Waals surface area contributed by atoms with Crippen molar-refractivity contribution in [2.45, 2.75) is 39.5 Å². The predicted molar refractivity (Wildman–Crippen MR) is 60.0 cm³/mol. The van der Waals surface area contributed by atoms with E-state index in [2.05, 4.69) is 43.7 Å². The smallest absolute Gasteiger partial charge is 0.198 e. The van der Waals surface area contributed by atoms with Crippen molar-refractivity contribution in [3.05, 3.63) is 23.7 Å². The number of hydrogen-bond acceptors (Lipinski definition) is 3. The lowest BCUT2D eigenvalue weighted by Crippen LogP contribution is -2.02. The molecule has 0 amide bonds. The number of hydrogen-bond donors (Lipinski definition) is 0. The first-order valence-electron chi connectivity index (χ1n) is 5.33. The first-order chi connectivity index (χ1) is 7.09. The van der Waals surface area contributed by atoms with Gasteiger partial charge in [0, 0.05) is 5.69 Å². The normalized spacial score (nSPS) is 11.9. The van der Waals surface area contributed by atoms with E-state index in [0.717, 1.165) is 11.3 Å². The second kappa shape index (κ2) is 3.65. The van der Waals surface area contributed by atoms with Crippen LogP contribution in [0.3, 0.4) is 0 Å². The molecule has 0 spiro atoms. The molecular weight excluding hydrogens is 188 g/mol. The summed E-state index contributed by atoms with van der Waals surface area (Å²) in [6, 6.07) is 2.06. The molecule has 3 nitrogen and oxygen atoms in total. The van der Waals surface area contributed by atoms with Crippen LogP contribution in [0.15, 0.2) is 16.9 Å². The van der Waals surface area contributed by atoms with Gasteiger partial charge in [-0.2, -0.15) is 4.98 Å². The van der Waals surface area contributed by atoms with Crippen molar-refractivity contribution in [2.75, 3.05) is 0 Å². The van der Waals surface area contributed by atoms with E-state index in [9.17, 15) is 0 Å². The van der Waals surface area contributed by atoms with Crippen molar-refractivity contribution in [1.82, 2.24) is 9.97 Å². The van der Waals surface area contributed by atoms with Gasteiger partial charge in [-0.1, -0.05) is 27.7 Å². The van der Waals surface area contributed by atoms with Gasteiger partial charge in [-0.15, -0.1) is 0 Å². The van der Waals surface area contributed by atoms with Gasteiger partial charge in [0.2, 0.25) is 0 Å². The van der Waals surface area contributed by atoms with Crippen LogP contribution in [0.1, 0.15) is 50.8 Å². The van der Waals surface area contributed by atoms with Gasteiger partial charge in [-0.05, 0) is 23.5 Å². The summed E-state index contributed by atoms with van der Waals surface area (Å²) in [5, 5.41) is 0. The maximum Gasteiger partial charge on any atom is 0.198 e. The molecule has 0 aromatic carbocycles. The third-order valence-electron chi connectivity index (χ3n) is 2.55. The molecule has 0 atom stereocenters. The van der Waals surface area contributed by atoms with Gasteiger partial charge in [0.05, 0.1) is 0 Å². The molecule has 0 N–H and O–H groups in total. The summed E-state index contributed by atoms with van der Waals surface area (Å²) < 4.78 is 5.27. The molecule has 0 bridgehead atoms. The number of rotatable bonds is 2. The zero-order chi connectivity index (χ0) is 11.0. The van der Waals surface area contributed by atoms with E-state index >= 15 is 0 Å². The maximum atomic E-state index is 5.27. The van der Waals surface area contributed by atoms with Crippen molar-refractivity contribution in [3.63, 3.8) is 0 Å². The van der Waals surface area contributed by atoms with Crippen LogP contribution >= 0.6 is 0 Å². The lowest BCUT2D eigenvalue weighted by atomic mass is 9.95. The molecule has 0 aliphatic rings. The molecule has 80 valence electrons. The Hall–Kier alpha value is -1.38. The number of fused-ring (bicyclic) bond motifs is 1. The first-order valence-corrected chi connectivity index (χ1v) is 5.33. The van der Waals surface area contributed by atoms with Crippen LogP contribution < -0.4 is 0 Å².